The number of fused-ring (bicyclic) bond motifs is 1. The molecular formula is C15H23N. The Labute approximate surface area is 99.3 Å². The molecule has 1 aliphatic rings. The topological polar surface area (TPSA) is 12.0 Å². The maximum atomic E-state index is 3.28. The van der Waals surface area contributed by atoms with E-state index < -0.39 is 0 Å². The SMILES string of the molecule is CNCC(C)(C)Cc1ccc2c(c1)CCC2. The zero-order valence-corrected chi connectivity index (χ0v) is 10.8. The summed E-state index contributed by atoms with van der Waals surface area (Å²) in [5.74, 6) is 0. The minimum Gasteiger partial charge on any atom is -0.319 e. The van der Waals surface area contributed by atoms with E-state index in [0.717, 1.165) is 6.54 Å². The minimum atomic E-state index is 0.349. The molecule has 1 aromatic rings. The predicted molar refractivity (Wildman–Crippen MR) is 69.9 cm³/mol. The molecule has 16 heavy (non-hydrogen) atoms. The molecule has 1 heteroatoms. The van der Waals surface area contributed by atoms with E-state index in [1.54, 1.807) is 11.1 Å². The van der Waals surface area contributed by atoms with E-state index in [1.165, 1.54) is 31.2 Å². The summed E-state index contributed by atoms with van der Waals surface area (Å²) in [6.07, 6.45) is 5.09. The van der Waals surface area contributed by atoms with Crippen LogP contribution in [0.15, 0.2) is 18.2 Å². The molecule has 1 nitrogen and oxygen atoms in total. The van der Waals surface area contributed by atoms with Crippen LogP contribution in [0.4, 0.5) is 0 Å². The van der Waals surface area contributed by atoms with Crippen LogP contribution in [0.1, 0.15) is 37.0 Å². The lowest BCUT2D eigenvalue weighted by Gasteiger charge is -2.24. The summed E-state index contributed by atoms with van der Waals surface area (Å²) < 4.78 is 0. The van der Waals surface area contributed by atoms with Crippen LogP contribution in [-0.2, 0) is 19.3 Å². The fraction of sp³-hybridized carbons (Fsp3) is 0.600. The van der Waals surface area contributed by atoms with Gasteiger partial charge in [-0.05, 0) is 54.8 Å². The van der Waals surface area contributed by atoms with Gasteiger partial charge in [0.2, 0.25) is 0 Å². The van der Waals surface area contributed by atoms with Crippen molar-refractivity contribution < 1.29 is 0 Å². The number of rotatable bonds is 4. The highest BCUT2D eigenvalue weighted by Crippen LogP contribution is 2.26. The first kappa shape index (κ1) is 11.7. The molecule has 0 saturated carbocycles. The summed E-state index contributed by atoms with van der Waals surface area (Å²) in [5, 5.41) is 3.28. The molecule has 0 bridgehead atoms. The smallest absolute Gasteiger partial charge is 0.000270 e. The van der Waals surface area contributed by atoms with Crippen LogP contribution >= 0.6 is 0 Å². The average molecular weight is 217 g/mol. The van der Waals surface area contributed by atoms with Gasteiger partial charge in [0.15, 0.2) is 0 Å². The number of hydrogen-bond acceptors (Lipinski definition) is 1. The van der Waals surface area contributed by atoms with Gasteiger partial charge in [-0.15, -0.1) is 0 Å². The van der Waals surface area contributed by atoms with Crippen molar-refractivity contribution in [2.45, 2.75) is 39.5 Å². The summed E-state index contributed by atoms with van der Waals surface area (Å²) in [6, 6.07) is 7.09. The molecule has 0 amide bonds. The second-order valence-corrected chi connectivity index (χ2v) is 5.83. The van der Waals surface area contributed by atoms with E-state index in [4.69, 9.17) is 0 Å². The third-order valence-electron chi connectivity index (χ3n) is 3.50. The number of nitrogens with one attached hydrogen (secondary N) is 1. The maximum Gasteiger partial charge on any atom is 0.000270 e. The van der Waals surface area contributed by atoms with Crippen LogP contribution in [0, 0.1) is 5.41 Å². The standard InChI is InChI=1S/C15H23N/c1-15(2,11-16-3)10-12-7-8-13-5-4-6-14(13)9-12/h7-9,16H,4-6,10-11H2,1-3H3. The van der Waals surface area contributed by atoms with Crippen molar-refractivity contribution in [1.29, 1.82) is 0 Å². The molecule has 1 aromatic carbocycles. The van der Waals surface area contributed by atoms with Crippen molar-refractivity contribution in [1.82, 2.24) is 5.32 Å². The van der Waals surface area contributed by atoms with Crippen LogP contribution < -0.4 is 5.32 Å². The molecule has 88 valence electrons. The Morgan fingerprint density at radius 1 is 1.19 bits per heavy atom. The first-order valence-corrected chi connectivity index (χ1v) is 6.36. The number of aryl methyl sites for hydroxylation is 2. The van der Waals surface area contributed by atoms with Gasteiger partial charge in [-0.2, -0.15) is 0 Å². The van der Waals surface area contributed by atoms with Gasteiger partial charge >= 0.3 is 0 Å². The second-order valence-electron chi connectivity index (χ2n) is 5.83. The van der Waals surface area contributed by atoms with E-state index >= 15 is 0 Å². The molecule has 0 atom stereocenters. The van der Waals surface area contributed by atoms with Crippen molar-refractivity contribution in [2.24, 2.45) is 5.41 Å². The maximum absolute atomic E-state index is 3.28. The first-order chi connectivity index (χ1) is 7.61. The average Bonchev–Trinajstić information content (AvgIpc) is 2.63. The zero-order valence-electron chi connectivity index (χ0n) is 10.8. The van der Waals surface area contributed by atoms with E-state index in [2.05, 4.69) is 37.4 Å². The zero-order chi connectivity index (χ0) is 11.6. The Morgan fingerprint density at radius 3 is 2.69 bits per heavy atom. The third-order valence-corrected chi connectivity index (χ3v) is 3.50. The first-order valence-electron chi connectivity index (χ1n) is 6.36. The summed E-state index contributed by atoms with van der Waals surface area (Å²) in [5.41, 5.74) is 5.02. The van der Waals surface area contributed by atoms with Crippen LogP contribution in [0.3, 0.4) is 0 Å². The third kappa shape index (κ3) is 2.65. The van der Waals surface area contributed by atoms with Gasteiger partial charge < -0.3 is 5.32 Å². The van der Waals surface area contributed by atoms with Gasteiger partial charge in [0.1, 0.15) is 0 Å². The Bertz CT molecular complexity index is 366. The fourth-order valence-electron chi connectivity index (χ4n) is 2.83. The second kappa shape index (κ2) is 4.58. The Kier molecular flexibility index (Phi) is 3.34. The lowest BCUT2D eigenvalue weighted by atomic mass is 9.85. The molecule has 2 rings (SSSR count). The number of benzene rings is 1. The molecule has 0 saturated heterocycles. The largest absolute Gasteiger partial charge is 0.319 e. The molecule has 0 unspecified atom stereocenters. The van der Waals surface area contributed by atoms with E-state index in [-0.39, 0.29) is 0 Å². The molecular weight excluding hydrogens is 194 g/mol. The van der Waals surface area contributed by atoms with E-state index in [1.807, 2.05) is 7.05 Å². The quantitative estimate of drug-likeness (QED) is 0.817. The van der Waals surface area contributed by atoms with Crippen molar-refractivity contribution in [2.75, 3.05) is 13.6 Å². The van der Waals surface area contributed by atoms with Crippen molar-refractivity contribution in [3.8, 4) is 0 Å². The molecule has 0 aromatic heterocycles. The Balaban J connectivity index is 2.10. The molecule has 0 spiro atoms. The molecule has 0 radical (unpaired) electrons. The minimum absolute atomic E-state index is 0.349. The van der Waals surface area contributed by atoms with Crippen LogP contribution in [0.25, 0.3) is 0 Å². The monoisotopic (exact) mass is 217 g/mol. The summed E-state index contributed by atoms with van der Waals surface area (Å²) in [7, 11) is 2.03. The van der Waals surface area contributed by atoms with Gasteiger partial charge in [0.25, 0.3) is 0 Å². The van der Waals surface area contributed by atoms with Crippen molar-refractivity contribution in [3.63, 3.8) is 0 Å². The van der Waals surface area contributed by atoms with Gasteiger partial charge in [-0.1, -0.05) is 32.0 Å². The van der Waals surface area contributed by atoms with Gasteiger partial charge in [-0.25, -0.2) is 0 Å². The van der Waals surface area contributed by atoms with Crippen molar-refractivity contribution >= 4 is 0 Å². The van der Waals surface area contributed by atoms with Crippen LogP contribution in [0.5, 0.6) is 0 Å². The summed E-state index contributed by atoms with van der Waals surface area (Å²) in [6.45, 7) is 5.73. The van der Waals surface area contributed by atoms with Crippen LogP contribution in [0.2, 0.25) is 0 Å². The lowest BCUT2D eigenvalue weighted by Crippen LogP contribution is -2.28. The highest BCUT2D eigenvalue weighted by molar-refractivity contribution is 5.35. The lowest BCUT2D eigenvalue weighted by molar-refractivity contribution is 0.350. The normalized spacial score (nSPS) is 15.2. The molecule has 0 fully saturated rings. The molecule has 0 heterocycles. The summed E-state index contributed by atoms with van der Waals surface area (Å²) in [4.78, 5) is 0. The molecule has 0 aliphatic heterocycles. The fourth-order valence-corrected chi connectivity index (χ4v) is 2.83. The van der Waals surface area contributed by atoms with E-state index in [9.17, 15) is 0 Å². The Hall–Kier alpha value is -0.820. The van der Waals surface area contributed by atoms with E-state index in [0.29, 0.717) is 5.41 Å². The molecule has 1 N–H and O–H groups in total. The van der Waals surface area contributed by atoms with Gasteiger partial charge in [0.05, 0.1) is 0 Å². The number of hydrogen-bond donors (Lipinski definition) is 1. The van der Waals surface area contributed by atoms with Gasteiger partial charge in [0, 0.05) is 6.54 Å². The van der Waals surface area contributed by atoms with Gasteiger partial charge in [-0.3, -0.25) is 0 Å². The summed E-state index contributed by atoms with van der Waals surface area (Å²) >= 11 is 0. The van der Waals surface area contributed by atoms with Crippen molar-refractivity contribution in [3.05, 3.63) is 34.9 Å². The predicted octanol–water partition coefficient (Wildman–Crippen LogP) is 2.96. The molecule has 1 aliphatic carbocycles. The Morgan fingerprint density at radius 2 is 1.94 bits per heavy atom. The highest BCUT2D eigenvalue weighted by atomic mass is 14.8. The van der Waals surface area contributed by atoms with Crippen LogP contribution in [-0.4, -0.2) is 13.6 Å². The highest BCUT2D eigenvalue weighted by Gasteiger charge is 2.18.